The fourth-order valence-electron chi connectivity index (χ4n) is 3.64. The molecule has 0 aliphatic heterocycles. The molecule has 0 fully saturated rings. The Hall–Kier alpha value is -0.330. The third kappa shape index (κ3) is 24.4. The van der Waals surface area contributed by atoms with Gasteiger partial charge >= 0.3 is 37.7 Å². The monoisotopic (exact) mass is 678 g/mol. The molecule has 7 heteroatoms. The van der Waals surface area contributed by atoms with E-state index in [0.29, 0.717) is 0 Å². The van der Waals surface area contributed by atoms with Crippen LogP contribution in [0.25, 0.3) is 0 Å². The van der Waals surface area contributed by atoms with E-state index in [9.17, 15) is 29.7 Å². The Balaban J connectivity index is -0.000000218. The van der Waals surface area contributed by atoms with Crippen molar-refractivity contribution in [2.24, 2.45) is 16.2 Å². The van der Waals surface area contributed by atoms with Gasteiger partial charge in [0.1, 0.15) is 0 Å². The van der Waals surface area contributed by atoms with E-state index in [4.69, 9.17) is 0 Å². The Morgan fingerprint density at radius 1 is 0.459 bits per heavy atom. The van der Waals surface area contributed by atoms with Crippen molar-refractivity contribution in [2.45, 2.75) is 159 Å². The topological polar surface area (TPSA) is 120 Å². The minimum absolute atomic E-state index is 0. The van der Waals surface area contributed by atoms with Gasteiger partial charge in [-0.15, -0.1) is 0 Å². The molecule has 0 aromatic heterocycles. The third-order valence-corrected chi connectivity index (χ3v) is 6.79. The van der Waals surface area contributed by atoms with Gasteiger partial charge in [-0.1, -0.05) is 133 Å². The largest absolute Gasteiger partial charge is 3.00 e. The van der Waals surface area contributed by atoms with E-state index < -0.39 is 34.2 Å². The Bertz CT molecular complexity index is 555. The standard InChI is InChI=1S/3C10H20O2.Ho/c2*1-4-5-6-7-8-10(2,3)9(11)12;1-4-6-8-10(3,7-5-2)9(11)12;/h3*4-8H2,1-3H3,(H,11,12);/q;;;+3/p-3. The van der Waals surface area contributed by atoms with Crippen LogP contribution in [-0.4, -0.2) is 17.9 Å². The maximum Gasteiger partial charge on any atom is 3.00 e. The first-order valence-corrected chi connectivity index (χ1v) is 14.2. The molecule has 1 unspecified atom stereocenters. The van der Waals surface area contributed by atoms with Crippen LogP contribution in [-0.2, 0) is 14.4 Å². The van der Waals surface area contributed by atoms with Crippen LogP contribution >= 0.6 is 0 Å². The summed E-state index contributed by atoms with van der Waals surface area (Å²) in [5, 5.41) is 32.0. The molecule has 0 bridgehead atoms. The molecule has 0 saturated carbocycles. The molecule has 0 spiro atoms. The van der Waals surface area contributed by atoms with Crippen LogP contribution in [0.15, 0.2) is 0 Å². The van der Waals surface area contributed by atoms with Crippen LogP contribution in [0.5, 0.6) is 0 Å². The number of hydrogen-bond donors (Lipinski definition) is 0. The zero-order valence-corrected chi connectivity index (χ0v) is 27.3. The first-order valence-electron chi connectivity index (χ1n) is 14.2. The molecule has 0 saturated heterocycles. The van der Waals surface area contributed by atoms with Crippen LogP contribution in [0.1, 0.15) is 159 Å². The molecular formula is C30H57HoO6. The summed E-state index contributed by atoms with van der Waals surface area (Å²) >= 11 is 0. The van der Waals surface area contributed by atoms with Gasteiger partial charge in [0.25, 0.3) is 0 Å². The average molecular weight is 679 g/mol. The quantitative estimate of drug-likeness (QED) is 0.145. The van der Waals surface area contributed by atoms with Crippen LogP contribution in [0.3, 0.4) is 0 Å². The molecule has 6 nitrogen and oxygen atoms in total. The van der Waals surface area contributed by atoms with E-state index in [1.165, 1.54) is 25.7 Å². The summed E-state index contributed by atoms with van der Waals surface area (Å²) in [4.78, 5) is 32.0. The molecule has 1 atom stereocenters. The minimum atomic E-state index is -0.931. The second kappa shape index (κ2) is 24.7. The SMILES string of the molecule is CCCCC(C)(CCC)C(=O)[O-].CCCCCCC(C)(C)C(=O)[O-].CCCCCCC(C)(C)C(=O)[O-].[Ho+3]. The van der Waals surface area contributed by atoms with Gasteiger partial charge < -0.3 is 29.7 Å². The smallest absolute Gasteiger partial charge is 0.550 e. The molecule has 37 heavy (non-hydrogen) atoms. The maximum atomic E-state index is 10.8. The summed E-state index contributed by atoms with van der Waals surface area (Å²) in [5.74, 6) is -2.75. The molecule has 0 aromatic carbocycles. The number of carboxylic acids is 3. The summed E-state index contributed by atoms with van der Waals surface area (Å²) in [5.41, 5.74) is -1.88. The molecule has 0 radical (unpaired) electrons. The fraction of sp³-hybridized carbons (Fsp3) is 0.900. The Labute approximate surface area is 258 Å². The second-order valence-corrected chi connectivity index (χ2v) is 11.7. The summed E-state index contributed by atoms with van der Waals surface area (Å²) < 4.78 is 0. The number of rotatable bonds is 18. The molecule has 224 valence electrons. The average Bonchev–Trinajstić information content (AvgIpc) is 2.79. The number of aliphatic carboxylic acids is 3. The van der Waals surface area contributed by atoms with Crippen LogP contribution in [0, 0.1) is 54.0 Å². The molecule has 0 aromatic rings. The van der Waals surface area contributed by atoms with Crippen LogP contribution in [0.4, 0.5) is 0 Å². The zero-order chi connectivity index (χ0) is 28.8. The predicted octanol–water partition coefficient (Wildman–Crippen LogP) is 5.20. The first kappa shape index (κ1) is 43.7. The second-order valence-electron chi connectivity index (χ2n) is 11.7. The number of unbranched alkanes of at least 4 members (excludes halogenated alkanes) is 7. The molecule has 0 heterocycles. The van der Waals surface area contributed by atoms with Gasteiger partial charge in [0, 0.05) is 34.2 Å². The molecule has 0 aliphatic rings. The van der Waals surface area contributed by atoms with Crippen molar-refractivity contribution in [3.63, 3.8) is 0 Å². The van der Waals surface area contributed by atoms with Gasteiger partial charge in [-0.3, -0.25) is 0 Å². The van der Waals surface area contributed by atoms with E-state index in [0.717, 1.165) is 70.6 Å². The number of hydrogen-bond acceptors (Lipinski definition) is 6. The van der Waals surface area contributed by atoms with Crippen molar-refractivity contribution in [3.8, 4) is 0 Å². The van der Waals surface area contributed by atoms with Crippen molar-refractivity contribution in [1.82, 2.24) is 0 Å². The van der Waals surface area contributed by atoms with E-state index >= 15 is 0 Å². The van der Waals surface area contributed by atoms with Gasteiger partial charge in [0.2, 0.25) is 0 Å². The van der Waals surface area contributed by atoms with Gasteiger partial charge in [0.05, 0.1) is 0 Å². The Morgan fingerprint density at radius 3 is 1.05 bits per heavy atom. The molecule has 0 amide bonds. The van der Waals surface area contributed by atoms with Crippen molar-refractivity contribution < 1.29 is 67.4 Å². The normalized spacial score (nSPS) is 12.6. The van der Waals surface area contributed by atoms with Crippen LogP contribution < -0.4 is 15.3 Å². The Morgan fingerprint density at radius 2 is 0.811 bits per heavy atom. The summed E-state index contributed by atoms with van der Waals surface area (Å²) in [7, 11) is 0. The fourth-order valence-corrected chi connectivity index (χ4v) is 3.64. The van der Waals surface area contributed by atoms with E-state index in [1.807, 2.05) is 6.92 Å². The van der Waals surface area contributed by atoms with Gasteiger partial charge in [-0.05, 0) is 25.7 Å². The molecule has 0 aliphatic carbocycles. The Kier molecular flexibility index (Phi) is 29.2. The van der Waals surface area contributed by atoms with E-state index in [2.05, 4.69) is 20.8 Å². The van der Waals surface area contributed by atoms with E-state index in [-0.39, 0.29) is 37.7 Å². The predicted molar refractivity (Wildman–Crippen MR) is 143 cm³/mol. The van der Waals surface area contributed by atoms with Gasteiger partial charge in [-0.25, -0.2) is 0 Å². The van der Waals surface area contributed by atoms with Crippen molar-refractivity contribution in [1.29, 1.82) is 0 Å². The number of carbonyl (C=O) groups excluding carboxylic acids is 3. The summed E-state index contributed by atoms with van der Waals surface area (Å²) in [6.07, 6.45) is 14.9. The summed E-state index contributed by atoms with van der Waals surface area (Å²) in [6.45, 7) is 17.1. The van der Waals surface area contributed by atoms with Gasteiger partial charge in [0.15, 0.2) is 0 Å². The van der Waals surface area contributed by atoms with E-state index in [1.54, 1.807) is 34.6 Å². The summed E-state index contributed by atoms with van der Waals surface area (Å²) in [6, 6.07) is 0. The minimum Gasteiger partial charge on any atom is -0.550 e. The third-order valence-electron chi connectivity index (χ3n) is 6.79. The van der Waals surface area contributed by atoms with Crippen molar-refractivity contribution in [2.75, 3.05) is 0 Å². The maximum absolute atomic E-state index is 10.8. The van der Waals surface area contributed by atoms with Crippen molar-refractivity contribution >= 4 is 17.9 Å². The molecule has 0 N–H and O–H groups in total. The molecule has 0 rings (SSSR count). The molecular weight excluding hydrogens is 621 g/mol. The van der Waals surface area contributed by atoms with Crippen molar-refractivity contribution in [3.05, 3.63) is 0 Å². The zero-order valence-electron chi connectivity index (χ0n) is 25.4. The first-order chi connectivity index (χ1) is 16.6. The van der Waals surface area contributed by atoms with Gasteiger partial charge in [-0.2, -0.15) is 0 Å². The number of carbonyl (C=O) groups is 3. The number of carboxylic acid groups (broad SMARTS) is 3. The van der Waals surface area contributed by atoms with Crippen LogP contribution in [0.2, 0.25) is 0 Å².